The predicted octanol–water partition coefficient (Wildman–Crippen LogP) is 2.22. The molecule has 0 amide bonds. The van der Waals surface area contributed by atoms with E-state index in [1.807, 2.05) is 6.92 Å². The Morgan fingerprint density at radius 2 is 1.78 bits per heavy atom. The minimum absolute atomic E-state index is 0.137. The van der Waals surface area contributed by atoms with Gasteiger partial charge in [-0.15, -0.1) is 0 Å². The molecule has 32 heavy (non-hydrogen) atoms. The highest BCUT2D eigenvalue weighted by atomic mass is 32.2. The molecule has 3 heterocycles. The lowest BCUT2D eigenvalue weighted by Crippen LogP contribution is -2.39. The first-order valence-corrected chi connectivity index (χ1v) is 13.2. The van der Waals surface area contributed by atoms with Crippen LogP contribution in [0.4, 0.5) is 0 Å². The van der Waals surface area contributed by atoms with Gasteiger partial charge in [0.15, 0.2) is 0 Å². The number of rotatable bonds is 8. The van der Waals surface area contributed by atoms with Gasteiger partial charge in [0.25, 0.3) is 5.56 Å². The second-order valence-corrected chi connectivity index (χ2v) is 10.8. The third kappa shape index (κ3) is 5.22. The lowest BCUT2D eigenvalue weighted by molar-refractivity contribution is 0.182. The number of ether oxygens (including phenoxy) is 1. The van der Waals surface area contributed by atoms with Crippen molar-refractivity contribution in [3.05, 3.63) is 57.8 Å². The first kappa shape index (κ1) is 22.9. The molecule has 0 radical (unpaired) electrons. The quantitative estimate of drug-likeness (QED) is 0.601. The largest absolute Gasteiger partial charge is 0.486 e. The maximum absolute atomic E-state index is 13.1. The third-order valence-electron chi connectivity index (χ3n) is 6.33. The van der Waals surface area contributed by atoms with E-state index in [-0.39, 0.29) is 17.2 Å². The van der Waals surface area contributed by atoms with Crippen molar-refractivity contribution < 1.29 is 13.2 Å². The van der Waals surface area contributed by atoms with E-state index in [9.17, 15) is 13.2 Å². The van der Waals surface area contributed by atoms with E-state index in [2.05, 4.69) is 34.1 Å². The maximum atomic E-state index is 13.1. The van der Waals surface area contributed by atoms with Crippen molar-refractivity contribution in [2.24, 2.45) is 5.92 Å². The number of sulfonamides is 1. The van der Waals surface area contributed by atoms with Crippen molar-refractivity contribution in [1.29, 1.82) is 0 Å². The summed E-state index contributed by atoms with van der Waals surface area (Å²) in [6, 6.07) is 8.42. The number of nitrogens with zero attached hydrogens (tertiary/aromatic N) is 4. The topological polar surface area (TPSA) is 84.7 Å². The molecule has 0 unspecified atom stereocenters. The van der Waals surface area contributed by atoms with E-state index < -0.39 is 10.0 Å². The van der Waals surface area contributed by atoms with Crippen molar-refractivity contribution >= 4 is 10.0 Å². The fourth-order valence-electron chi connectivity index (χ4n) is 4.52. The summed E-state index contributed by atoms with van der Waals surface area (Å²) in [5.41, 5.74) is 2.53. The van der Waals surface area contributed by atoms with Gasteiger partial charge >= 0.3 is 0 Å². The highest BCUT2D eigenvalue weighted by Crippen LogP contribution is 2.24. The van der Waals surface area contributed by atoms with E-state index in [0.29, 0.717) is 32.8 Å². The van der Waals surface area contributed by atoms with Crippen molar-refractivity contribution in [2.75, 3.05) is 26.0 Å². The molecule has 0 spiro atoms. The number of benzene rings is 1. The van der Waals surface area contributed by atoms with Gasteiger partial charge in [0.1, 0.15) is 5.82 Å². The number of piperidine rings is 1. The molecule has 2 aliphatic rings. The van der Waals surface area contributed by atoms with Gasteiger partial charge in [-0.1, -0.05) is 31.2 Å². The maximum Gasteiger partial charge on any atom is 0.295 e. The van der Waals surface area contributed by atoms with E-state index in [1.54, 1.807) is 10.8 Å². The summed E-state index contributed by atoms with van der Waals surface area (Å²) in [6.45, 7) is 6.41. The summed E-state index contributed by atoms with van der Waals surface area (Å²) in [6.07, 6.45) is 5.10. The summed E-state index contributed by atoms with van der Waals surface area (Å²) in [5, 5.41) is 0. The lowest BCUT2D eigenvalue weighted by Gasteiger charge is -2.30. The van der Waals surface area contributed by atoms with Crippen LogP contribution in [0.3, 0.4) is 0 Å². The Labute approximate surface area is 189 Å². The van der Waals surface area contributed by atoms with Crippen LogP contribution in [0.5, 0.6) is 5.75 Å². The second kappa shape index (κ2) is 9.72. The van der Waals surface area contributed by atoms with Crippen LogP contribution in [0.25, 0.3) is 0 Å². The fraction of sp³-hybridized carbons (Fsp3) is 0.565. The SMILES string of the molecule is CCCn1c(CN2Cc3ccccc3C2)ncc(OCC2CCN(S(C)(=O)=O)CC2)c1=O. The molecule has 0 saturated carbocycles. The zero-order chi connectivity index (χ0) is 22.7. The summed E-state index contributed by atoms with van der Waals surface area (Å²) >= 11 is 0. The lowest BCUT2D eigenvalue weighted by atomic mass is 9.99. The highest BCUT2D eigenvalue weighted by Gasteiger charge is 2.26. The van der Waals surface area contributed by atoms with Crippen molar-refractivity contribution in [3.63, 3.8) is 0 Å². The first-order valence-electron chi connectivity index (χ1n) is 11.3. The summed E-state index contributed by atoms with van der Waals surface area (Å²) in [5.74, 6) is 1.27. The molecule has 0 N–H and O–H groups in total. The van der Waals surface area contributed by atoms with E-state index in [0.717, 1.165) is 38.2 Å². The van der Waals surface area contributed by atoms with Gasteiger partial charge in [-0.05, 0) is 36.3 Å². The van der Waals surface area contributed by atoms with Crippen molar-refractivity contribution in [2.45, 2.75) is 52.4 Å². The van der Waals surface area contributed by atoms with E-state index in [1.165, 1.54) is 21.7 Å². The number of fused-ring (bicyclic) bond motifs is 1. The molecular weight excluding hydrogens is 428 g/mol. The standard InChI is InChI=1S/C23H32N4O4S/c1-3-10-27-22(16-25-14-19-6-4-5-7-20(19)15-25)24-13-21(23(27)28)31-17-18-8-11-26(12-9-18)32(2,29)30/h4-7,13,18H,3,8-12,14-17H2,1-2H3. The molecule has 0 atom stereocenters. The summed E-state index contributed by atoms with van der Waals surface area (Å²) in [7, 11) is -3.14. The Balaban J connectivity index is 1.40. The van der Waals surface area contributed by atoms with Crippen LogP contribution in [0.15, 0.2) is 35.3 Å². The molecule has 1 saturated heterocycles. The Kier molecular flexibility index (Phi) is 6.97. The summed E-state index contributed by atoms with van der Waals surface area (Å²) in [4.78, 5) is 20.0. The van der Waals surface area contributed by atoms with Crippen LogP contribution in [0.2, 0.25) is 0 Å². The predicted molar refractivity (Wildman–Crippen MR) is 123 cm³/mol. The van der Waals surface area contributed by atoms with Crippen LogP contribution < -0.4 is 10.3 Å². The Morgan fingerprint density at radius 3 is 2.38 bits per heavy atom. The number of hydrogen-bond acceptors (Lipinski definition) is 6. The van der Waals surface area contributed by atoms with Crippen LogP contribution >= 0.6 is 0 Å². The van der Waals surface area contributed by atoms with Gasteiger partial charge in [-0.25, -0.2) is 17.7 Å². The Morgan fingerprint density at radius 1 is 1.12 bits per heavy atom. The minimum Gasteiger partial charge on any atom is -0.486 e. The molecule has 2 aromatic rings. The first-order chi connectivity index (χ1) is 15.3. The molecule has 1 aromatic carbocycles. The molecule has 9 heteroatoms. The van der Waals surface area contributed by atoms with E-state index >= 15 is 0 Å². The van der Waals surface area contributed by atoms with E-state index in [4.69, 9.17) is 4.74 Å². The second-order valence-electron chi connectivity index (χ2n) is 8.83. The zero-order valence-corrected chi connectivity index (χ0v) is 19.7. The highest BCUT2D eigenvalue weighted by molar-refractivity contribution is 7.88. The zero-order valence-electron chi connectivity index (χ0n) is 18.9. The van der Waals surface area contributed by atoms with Gasteiger partial charge in [-0.3, -0.25) is 14.3 Å². The summed E-state index contributed by atoms with van der Waals surface area (Å²) < 4.78 is 32.5. The Hall–Kier alpha value is -2.23. The molecule has 174 valence electrons. The molecule has 0 aliphatic carbocycles. The molecule has 4 rings (SSSR count). The molecule has 2 aliphatic heterocycles. The van der Waals surface area contributed by atoms with Crippen LogP contribution in [0.1, 0.15) is 43.1 Å². The Bertz CT molecular complexity index is 1080. The van der Waals surface area contributed by atoms with Gasteiger partial charge in [0.05, 0.1) is 25.6 Å². The molecule has 1 aromatic heterocycles. The average Bonchev–Trinajstić information content (AvgIpc) is 3.18. The molecule has 0 bridgehead atoms. The number of aromatic nitrogens is 2. The monoisotopic (exact) mass is 460 g/mol. The van der Waals surface area contributed by atoms with Gasteiger partial charge in [-0.2, -0.15) is 0 Å². The number of hydrogen-bond donors (Lipinski definition) is 0. The van der Waals surface area contributed by atoms with Gasteiger partial charge < -0.3 is 4.74 Å². The van der Waals surface area contributed by atoms with Crippen molar-refractivity contribution in [3.8, 4) is 5.75 Å². The third-order valence-corrected chi connectivity index (χ3v) is 7.64. The molecular formula is C23H32N4O4S. The van der Waals surface area contributed by atoms with Crippen molar-refractivity contribution in [1.82, 2.24) is 18.8 Å². The van der Waals surface area contributed by atoms with Crippen LogP contribution in [-0.4, -0.2) is 53.1 Å². The smallest absolute Gasteiger partial charge is 0.295 e. The fourth-order valence-corrected chi connectivity index (χ4v) is 5.39. The van der Waals surface area contributed by atoms with Gasteiger partial charge in [0, 0.05) is 32.7 Å². The molecule has 1 fully saturated rings. The average molecular weight is 461 g/mol. The normalized spacial score (nSPS) is 18.1. The molecule has 8 nitrogen and oxygen atoms in total. The minimum atomic E-state index is -3.14. The van der Waals surface area contributed by atoms with Gasteiger partial charge in [0.2, 0.25) is 15.8 Å². The van der Waals surface area contributed by atoms with Crippen LogP contribution in [0, 0.1) is 5.92 Å². The van der Waals surface area contributed by atoms with Crippen LogP contribution in [-0.2, 0) is 36.2 Å².